The number of ether oxygens (including phenoxy) is 1. The molecule has 0 radical (unpaired) electrons. The van der Waals surface area contributed by atoms with Crippen molar-refractivity contribution in [2.45, 2.75) is 6.42 Å². The Labute approximate surface area is 111 Å². The van der Waals surface area contributed by atoms with Gasteiger partial charge in [0.15, 0.2) is 0 Å². The predicted molar refractivity (Wildman–Crippen MR) is 72.2 cm³/mol. The fourth-order valence-corrected chi connectivity index (χ4v) is 1.51. The molecule has 0 aliphatic carbocycles. The molecule has 0 fully saturated rings. The van der Waals surface area contributed by atoms with E-state index in [9.17, 15) is 10.1 Å². The second kappa shape index (κ2) is 7.68. The summed E-state index contributed by atoms with van der Waals surface area (Å²) in [6, 6.07) is 4.40. The average molecular weight is 271 g/mol. The molecule has 0 spiro atoms. The van der Waals surface area contributed by atoms with Gasteiger partial charge in [-0.2, -0.15) is 0 Å². The number of nitrogens with zero attached hydrogens (tertiary/aromatic N) is 1. The highest BCUT2D eigenvalue weighted by Crippen LogP contribution is 2.27. The van der Waals surface area contributed by atoms with Gasteiger partial charge in [0.05, 0.1) is 18.1 Å². The average Bonchev–Trinajstić information content (AvgIpc) is 2.33. The fourth-order valence-electron chi connectivity index (χ4n) is 1.34. The van der Waals surface area contributed by atoms with E-state index in [1.807, 2.05) is 0 Å². The number of hydrogen-bond acceptors (Lipinski definition) is 4. The highest BCUT2D eigenvalue weighted by molar-refractivity contribution is 6.31. The molecule has 1 aromatic rings. The number of anilines is 1. The van der Waals surface area contributed by atoms with Crippen molar-refractivity contribution in [2.75, 3.05) is 25.1 Å². The lowest BCUT2D eigenvalue weighted by atomic mass is 10.2. The molecule has 1 rings (SSSR count). The lowest BCUT2D eigenvalue weighted by Crippen LogP contribution is -2.11. The standard InChI is InChI=1S/C12H15ClN2O3/c1-2-3-7-18-8-6-14-11-9-10(13)4-5-12(11)15(16)17/h2,4-5,9,14H,1,3,6-8H2. The van der Waals surface area contributed by atoms with Gasteiger partial charge < -0.3 is 10.1 Å². The van der Waals surface area contributed by atoms with Gasteiger partial charge in [-0.05, 0) is 18.6 Å². The number of halogens is 1. The predicted octanol–water partition coefficient (Wildman–Crippen LogP) is 3.25. The maximum atomic E-state index is 10.8. The molecule has 0 atom stereocenters. The summed E-state index contributed by atoms with van der Waals surface area (Å²) in [6.07, 6.45) is 2.56. The van der Waals surface area contributed by atoms with E-state index < -0.39 is 4.92 Å². The minimum Gasteiger partial charge on any atom is -0.379 e. The fraction of sp³-hybridized carbons (Fsp3) is 0.333. The minimum absolute atomic E-state index is 0.00508. The number of nitro groups is 1. The molecule has 0 unspecified atom stereocenters. The maximum absolute atomic E-state index is 10.8. The van der Waals surface area contributed by atoms with Crippen LogP contribution in [-0.4, -0.2) is 24.7 Å². The second-order valence-corrected chi connectivity index (χ2v) is 3.97. The first-order valence-corrected chi connectivity index (χ1v) is 5.89. The molecular formula is C12H15ClN2O3. The van der Waals surface area contributed by atoms with Crippen LogP contribution in [0.2, 0.25) is 5.02 Å². The quantitative estimate of drug-likeness (QED) is 0.341. The van der Waals surface area contributed by atoms with Crippen LogP contribution in [-0.2, 0) is 4.74 Å². The monoisotopic (exact) mass is 270 g/mol. The Balaban J connectivity index is 2.47. The van der Waals surface area contributed by atoms with Crippen molar-refractivity contribution < 1.29 is 9.66 Å². The Bertz CT molecular complexity index is 424. The van der Waals surface area contributed by atoms with Gasteiger partial charge in [0.1, 0.15) is 5.69 Å². The van der Waals surface area contributed by atoms with Gasteiger partial charge in [-0.1, -0.05) is 17.7 Å². The smallest absolute Gasteiger partial charge is 0.292 e. The highest BCUT2D eigenvalue weighted by atomic mass is 35.5. The van der Waals surface area contributed by atoms with E-state index in [1.54, 1.807) is 6.08 Å². The number of nitro benzene ring substituents is 1. The summed E-state index contributed by atoms with van der Waals surface area (Å²) in [5, 5.41) is 14.2. The summed E-state index contributed by atoms with van der Waals surface area (Å²) in [5.74, 6) is 0. The Morgan fingerprint density at radius 2 is 2.28 bits per heavy atom. The van der Waals surface area contributed by atoms with Crippen molar-refractivity contribution in [3.63, 3.8) is 0 Å². The van der Waals surface area contributed by atoms with Crippen molar-refractivity contribution >= 4 is 23.0 Å². The van der Waals surface area contributed by atoms with Crippen LogP contribution in [0.4, 0.5) is 11.4 Å². The Kier molecular flexibility index (Phi) is 6.18. The van der Waals surface area contributed by atoms with Crippen LogP contribution in [0.3, 0.4) is 0 Å². The summed E-state index contributed by atoms with van der Waals surface area (Å²) in [5.41, 5.74) is 0.408. The van der Waals surface area contributed by atoms with Crippen LogP contribution in [0, 0.1) is 10.1 Å². The Morgan fingerprint density at radius 3 is 2.94 bits per heavy atom. The first-order valence-electron chi connectivity index (χ1n) is 5.51. The van der Waals surface area contributed by atoms with E-state index in [0.717, 1.165) is 6.42 Å². The normalized spacial score (nSPS) is 10.1. The molecule has 1 N–H and O–H groups in total. The third-order valence-corrected chi connectivity index (χ3v) is 2.42. The van der Waals surface area contributed by atoms with Gasteiger partial charge in [-0.25, -0.2) is 0 Å². The van der Waals surface area contributed by atoms with Gasteiger partial charge in [-0.15, -0.1) is 6.58 Å². The second-order valence-electron chi connectivity index (χ2n) is 3.54. The van der Waals surface area contributed by atoms with Crippen LogP contribution in [0.5, 0.6) is 0 Å². The molecule has 0 aliphatic heterocycles. The Morgan fingerprint density at radius 1 is 1.50 bits per heavy atom. The molecule has 0 aliphatic rings. The van der Waals surface area contributed by atoms with E-state index in [2.05, 4.69) is 11.9 Å². The SMILES string of the molecule is C=CCCOCCNc1cc(Cl)ccc1[N+](=O)[O-]. The number of hydrogen-bond donors (Lipinski definition) is 1. The van der Waals surface area contributed by atoms with E-state index in [1.165, 1.54) is 18.2 Å². The Hall–Kier alpha value is -1.59. The van der Waals surface area contributed by atoms with Gasteiger partial charge in [0.2, 0.25) is 0 Å². The zero-order valence-electron chi connectivity index (χ0n) is 9.89. The molecule has 6 heteroatoms. The summed E-state index contributed by atoms with van der Waals surface area (Å²) in [7, 11) is 0. The van der Waals surface area contributed by atoms with Crippen LogP contribution >= 0.6 is 11.6 Å². The molecular weight excluding hydrogens is 256 g/mol. The van der Waals surface area contributed by atoms with Crippen LogP contribution in [0.25, 0.3) is 0 Å². The summed E-state index contributed by atoms with van der Waals surface area (Å²) in [6.45, 7) is 5.14. The third kappa shape index (κ3) is 4.73. The van der Waals surface area contributed by atoms with Gasteiger partial charge in [-0.3, -0.25) is 10.1 Å². The number of benzene rings is 1. The third-order valence-electron chi connectivity index (χ3n) is 2.18. The molecule has 0 saturated carbocycles. The van der Waals surface area contributed by atoms with E-state index in [0.29, 0.717) is 30.5 Å². The molecule has 1 aromatic carbocycles. The molecule has 0 heterocycles. The molecule has 18 heavy (non-hydrogen) atoms. The number of nitrogens with one attached hydrogen (secondary N) is 1. The zero-order chi connectivity index (χ0) is 13.4. The van der Waals surface area contributed by atoms with Crippen LogP contribution < -0.4 is 5.32 Å². The largest absolute Gasteiger partial charge is 0.379 e. The molecule has 0 bridgehead atoms. The van der Waals surface area contributed by atoms with Crippen LogP contribution in [0.15, 0.2) is 30.9 Å². The zero-order valence-corrected chi connectivity index (χ0v) is 10.7. The van der Waals surface area contributed by atoms with Gasteiger partial charge >= 0.3 is 0 Å². The molecule has 5 nitrogen and oxygen atoms in total. The molecule has 0 saturated heterocycles. The van der Waals surface area contributed by atoms with Crippen molar-refractivity contribution in [1.29, 1.82) is 0 Å². The van der Waals surface area contributed by atoms with Crippen molar-refractivity contribution in [3.8, 4) is 0 Å². The van der Waals surface area contributed by atoms with Gasteiger partial charge in [0.25, 0.3) is 5.69 Å². The molecule has 98 valence electrons. The first-order chi connectivity index (χ1) is 8.65. The first kappa shape index (κ1) is 14.5. The number of rotatable bonds is 8. The lowest BCUT2D eigenvalue weighted by molar-refractivity contribution is -0.384. The molecule has 0 aromatic heterocycles. The topological polar surface area (TPSA) is 64.4 Å². The van der Waals surface area contributed by atoms with Crippen molar-refractivity contribution in [1.82, 2.24) is 0 Å². The summed E-state index contributed by atoms with van der Waals surface area (Å²) >= 11 is 5.80. The lowest BCUT2D eigenvalue weighted by Gasteiger charge is -2.07. The highest BCUT2D eigenvalue weighted by Gasteiger charge is 2.12. The van der Waals surface area contributed by atoms with Crippen LogP contribution in [0.1, 0.15) is 6.42 Å². The summed E-state index contributed by atoms with van der Waals surface area (Å²) < 4.78 is 5.29. The molecule has 0 amide bonds. The minimum atomic E-state index is -0.447. The van der Waals surface area contributed by atoms with Crippen molar-refractivity contribution in [3.05, 3.63) is 46.0 Å². The van der Waals surface area contributed by atoms with Crippen molar-refractivity contribution in [2.24, 2.45) is 0 Å². The van der Waals surface area contributed by atoms with E-state index in [-0.39, 0.29) is 5.69 Å². The van der Waals surface area contributed by atoms with Gasteiger partial charge in [0, 0.05) is 17.6 Å². The summed E-state index contributed by atoms with van der Waals surface area (Å²) in [4.78, 5) is 10.3. The van der Waals surface area contributed by atoms with E-state index in [4.69, 9.17) is 16.3 Å². The van der Waals surface area contributed by atoms with E-state index >= 15 is 0 Å². The maximum Gasteiger partial charge on any atom is 0.292 e.